The third-order valence-electron chi connectivity index (χ3n) is 5.92. The summed E-state index contributed by atoms with van der Waals surface area (Å²) in [5.74, 6) is 0. The van der Waals surface area contributed by atoms with Gasteiger partial charge in [-0.15, -0.1) is 0 Å². The van der Waals surface area contributed by atoms with Gasteiger partial charge in [-0.2, -0.15) is 18.4 Å². The van der Waals surface area contributed by atoms with Crippen LogP contribution in [0.25, 0.3) is 0 Å². The van der Waals surface area contributed by atoms with Crippen molar-refractivity contribution in [1.82, 2.24) is 9.80 Å². The third-order valence-corrected chi connectivity index (χ3v) is 5.92. The number of alkyl halides is 3. The standard InChI is InChI=1S/C16H24F3N3/c1-15(6-7-20)4-2-12(3-5-15)21-9-13-8-14(10-21)22(13)11-16(17,18)19/h12-14H,2-6,8-11H2,1H3. The SMILES string of the molecule is CC1(CC#N)CCC(N2CC3CC(C2)N3CC(F)(F)F)CC1. The van der Waals surface area contributed by atoms with Crippen molar-refractivity contribution in [2.24, 2.45) is 5.41 Å². The van der Waals surface area contributed by atoms with Crippen molar-refractivity contribution in [2.75, 3.05) is 19.6 Å². The predicted octanol–water partition coefficient (Wildman–Crippen LogP) is 3.17. The summed E-state index contributed by atoms with van der Waals surface area (Å²) in [6.45, 7) is 3.00. The van der Waals surface area contributed by atoms with E-state index in [9.17, 15) is 13.2 Å². The molecule has 3 nitrogen and oxygen atoms in total. The Balaban J connectivity index is 1.50. The number of rotatable bonds is 3. The van der Waals surface area contributed by atoms with Crippen LogP contribution in [0.3, 0.4) is 0 Å². The minimum Gasteiger partial charge on any atom is -0.297 e. The lowest BCUT2D eigenvalue weighted by Gasteiger charge is -2.58. The van der Waals surface area contributed by atoms with E-state index in [1.54, 1.807) is 4.90 Å². The molecule has 0 radical (unpaired) electrons. The van der Waals surface area contributed by atoms with Crippen LogP contribution in [-0.2, 0) is 0 Å². The van der Waals surface area contributed by atoms with Gasteiger partial charge >= 0.3 is 6.18 Å². The second-order valence-corrected chi connectivity index (χ2v) is 7.66. The fraction of sp³-hybridized carbons (Fsp3) is 0.938. The molecule has 4 aliphatic rings. The maximum atomic E-state index is 12.6. The summed E-state index contributed by atoms with van der Waals surface area (Å²) < 4.78 is 37.7. The topological polar surface area (TPSA) is 30.3 Å². The number of halogens is 3. The number of hydrogen-bond acceptors (Lipinski definition) is 3. The third kappa shape index (κ3) is 3.26. The zero-order valence-electron chi connectivity index (χ0n) is 13.1. The van der Waals surface area contributed by atoms with Gasteiger partial charge in [-0.25, -0.2) is 0 Å². The van der Waals surface area contributed by atoms with Crippen LogP contribution in [0.5, 0.6) is 0 Å². The summed E-state index contributed by atoms with van der Waals surface area (Å²) in [6, 6.07) is 2.97. The molecular formula is C16H24F3N3. The molecule has 2 bridgehead atoms. The van der Waals surface area contributed by atoms with Crippen molar-refractivity contribution in [3.63, 3.8) is 0 Å². The van der Waals surface area contributed by atoms with E-state index < -0.39 is 12.7 Å². The molecule has 1 aliphatic carbocycles. The molecule has 0 aromatic carbocycles. The Hall–Kier alpha value is -0.800. The number of nitriles is 1. The second-order valence-electron chi connectivity index (χ2n) is 7.66. The van der Waals surface area contributed by atoms with Gasteiger partial charge in [0.25, 0.3) is 0 Å². The van der Waals surface area contributed by atoms with Crippen LogP contribution >= 0.6 is 0 Å². The number of piperidine rings is 1. The normalized spacial score (nSPS) is 40.0. The summed E-state index contributed by atoms with van der Waals surface area (Å²) in [5, 5.41) is 8.90. The lowest BCUT2D eigenvalue weighted by molar-refractivity contribution is -0.191. The van der Waals surface area contributed by atoms with E-state index in [0.29, 0.717) is 12.5 Å². The average molecular weight is 315 g/mol. The highest BCUT2D eigenvalue weighted by molar-refractivity contribution is 5.03. The van der Waals surface area contributed by atoms with Crippen molar-refractivity contribution >= 4 is 0 Å². The number of nitrogens with zero attached hydrogens (tertiary/aromatic N) is 3. The summed E-state index contributed by atoms with van der Waals surface area (Å²) in [7, 11) is 0. The first-order valence-electron chi connectivity index (χ1n) is 8.23. The summed E-state index contributed by atoms with van der Waals surface area (Å²) >= 11 is 0. The smallest absolute Gasteiger partial charge is 0.297 e. The molecule has 0 aromatic heterocycles. The Labute approximate surface area is 130 Å². The van der Waals surface area contributed by atoms with Gasteiger partial charge in [-0.1, -0.05) is 6.92 Å². The largest absolute Gasteiger partial charge is 0.401 e. The van der Waals surface area contributed by atoms with Gasteiger partial charge in [0.1, 0.15) is 0 Å². The van der Waals surface area contributed by atoms with Crippen molar-refractivity contribution in [3.8, 4) is 6.07 Å². The van der Waals surface area contributed by atoms with Gasteiger partial charge in [-0.05, 0) is 37.5 Å². The van der Waals surface area contributed by atoms with Crippen LogP contribution < -0.4 is 0 Å². The lowest BCUT2D eigenvalue weighted by Crippen LogP contribution is -2.71. The van der Waals surface area contributed by atoms with Crippen LogP contribution in [0, 0.1) is 16.7 Å². The van der Waals surface area contributed by atoms with Gasteiger partial charge in [0, 0.05) is 37.6 Å². The van der Waals surface area contributed by atoms with E-state index in [4.69, 9.17) is 5.26 Å². The Kier molecular flexibility index (Phi) is 4.15. The lowest BCUT2D eigenvalue weighted by atomic mass is 9.71. The average Bonchev–Trinajstić information content (AvgIpc) is 2.45. The van der Waals surface area contributed by atoms with Crippen molar-refractivity contribution in [3.05, 3.63) is 0 Å². The molecular weight excluding hydrogens is 291 g/mol. The zero-order chi connectivity index (χ0) is 16.0. The van der Waals surface area contributed by atoms with Crippen LogP contribution in [0.15, 0.2) is 0 Å². The van der Waals surface area contributed by atoms with Gasteiger partial charge in [0.15, 0.2) is 0 Å². The Bertz CT molecular complexity index is 437. The van der Waals surface area contributed by atoms with Crippen molar-refractivity contribution in [1.29, 1.82) is 5.26 Å². The number of hydrogen-bond donors (Lipinski definition) is 0. The van der Waals surface area contributed by atoms with Crippen molar-refractivity contribution < 1.29 is 13.2 Å². The van der Waals surface area contributed by atoms with Crippen LogP contribution in [0.2, 0.25) is 0 Å². The van der Waals surface area contributed by atoms with Gasteiger partial charge in [0.2, 0.25) is 0 Å². The van der Waals surface area contributed by atoms with Crippen LogP contribution in [0.4, 0.5) is 13.2 Å². The molecule has 3 heterocycles. The number of piperazine rings is 1. The van der Waals surface area contributed by atoms with Crippen LogP contribution in [0.1, 0.15) is 45.4 Å². The van der Waals surface area contributed by atoms with Crippen LogP contribution in [-0.4, -0.2) is 53.7 Å². The maximum Gasteiger partial charge on any atom is 0.401 e. The first-order valence-corrected chi connectivity index (χ1v) is 8.23. The van der Waals surface area contributed by atoms with E-state index >= 15 is 0 Å². The van der Waals surface area contributed by atoms with Gasteiger partial charge in [0.05, 0.1) is 12.6 Å². The molecule has 4 rings (SSSR count). The van der Waals surface area contributed by atoms with Crippen molar-refractivity contribution in [2.45, 2.75) is 69.8 Å². The number of fused-ring (bicyclic) bond motifs is 2. The molecule has 22 heavy (non-hydrogen) atoms. The molecule has 4 fully saturated rings. The van der Waals surface area contributed by atoms with E-state index in [-0.39, 0.29) is 17.5 Å². The molecule has 0 N–H and O–H groups in total. The molecule has 2 atom stereocenters. The fourth-order valence-corrected chi connectivity index (χ4v) is 4.52. The molecule has 124 valence electrons. The molecule has 1 saturated carbocycles. The van der Waals surface area contributed by atoms with E-state index in [1.165, 1.54) is 0 Å². The first-order chi connectivity index (χ1) is 10.3. The fourth-order valence-electron chi connectivity index (χ4n) is 4.52. The van der Waals surface area contributed by atoms with Gasteiger partial charge in [-0.3, -0.25) is 9.80 Å². The predicted molar refractivity (Wildman–Crippen MR) is 77.1 cm³/mol. The van der Waals surface area contributed by atoms with E-state index in [0.717, 1.165) is 45.2 Å². The molecule has 0 amide bonds. The molecule has 3 saturated heterocycles. The monoisotopic (exact) mass is 315 g/mol. The quantitative estimate of drug-likeness (QED) is 0.801. The van der Waals surface area contributed by atoms with E-state index in [1.807, 2.05) is 0 Å². The Morgan fingerprint density at radius 3 is 2.23 bits per heavy atom. The molecule has 0 aromatic rings. The highest BCUT2D eigenvalue weighted by Gasteiger charge is 2.50. The van der Waals surface area contributed by atoms with Gasteiger partial charge < -0.3 is 0 Å². The van der Waals surface area contributed by atoms with E-state index in [2.05, 4.69) is 17.9 Å². The summed E-state index contributed by atoms with van der Waals surface area (Å²) in [5.41, 5.74) is 0.145. The summed E-state index contributed by atoms with van der Waals surface area (Å²) in [6.07, 6.45) is 1.74. The zero-order valence-corrected chi connectivity index (χ0v) is 13.1. The highest BCUT2D eigenvalue weighted by Crippen LogP contribution is 2.42. The molecule has 2 unspecified atom stereocenters. The molecule has 0 spiro atoms. The maximum absolute atomic E-state index is 12.6. The highest BCUT2D eigenvalue weighted by atomic mass is 19.4. The molecule has 3 aliphatic heterocycles. The summed E-state index contributed by atoms with van der Waals surface area (Å²) in [4.78, 5) is 4.05. The minimum absolute atomic E-state index is 0.0905. The second kappa shape index (κ2) is 5.68. The molecule has 6 heteroatoms. The Morgan fingerprint density at radius 2 is 1.73 bits per heavy atom. The Morgan fingerprint density at radius 1 is 1.14 bits per heavy atom. The first kappa shape index (κ1) is 16.1. The minimum atomic E-state index is -4.08.